The number of aromatic amines is 1. The molecule has 3 rings (SSSR count). The molecule has 1 fully saturated rings. The summed E-state index contributed by atoms with van der Waals surface area (Å²) in [7, 11) is 0. The molecule has 3 N–H and O–H groups in total. The number of rotatable bonds is 2. The van der Waals surface area contributed by atoms with E-state index in [2.05, 4.69) is 4.98 Å². The number of nitrogens with two attached hydrogens (primary N) is 1. The van der Waals surface area contributed by atoms with Crippen LogP contribution in [0.3, 0.4) is 0 Å². The van der Waals surface area contributed by atoms with Crippen LogP contribution in [0.15, 0.2) is 30.5 Å². The first-order valence-electron chi connectivity index (χ1n) is 6.18. The standard InChI is InChI=1S/C14H15N3O2/c1-14(7-12(18)17(15)13(14)19)6-9-8-16-11-5-3-2-4-10(9)11/h2-5,8,16H,6-7,15H2,1H3. The number of carbonyl (C=O) groups is 2. The number of benzene rings is 1. The number of nitrogens with zero attached hydrogens (tertiary/aromatic N) is 1. The van der Waals surface area contributed by atoms with Crippen molar-refractivity contribution in [1.82, 2.24) is 9.99 Å². The van der Waals surface area contributed by atoms with E-state index in [4.69, 9.17) is 5.84 Å². The van der Waals surface area contributed by atoms with E-state index in [-0.39, 0.29) is 18.2 Å². The highest BCUT2D eigenvalue weighted by atomic mass is 16.2. The number of hydrogen-bond donors (Lipinski definition) is 2. The Morgan fingerprint density at radius 1 is 1.37 bits per heavy atom. The van der Waals surface area contributed by atoms with Crippen LogP contribution in [0.4, 0.5) is 0 Å². The van der Waals surface area contributed by atoms with Crippen LogP contribution in [0.1, 0.15) is 18.9 Å². The van der Waals surface area contributed by atoms with E-state index in [0.717, 1.165) is 21.5 Å². The average Bonchev–Trinajstić information content (AvgIpc) is 2.87. The van der Waals surface area contributed by atoms with Gasteiger partial charge in [-0.25, -0.2) is 10.9 Å². The highest BCUT2D eigenvalue weighted by Crippen LogP contribution is 2.36. The zero-order chi connectivity index (χ0) is 13.6. The Morgan fingerprint density at radius 2 is 2.11 bits per heavy atom. The molecule has 98 valence electrons. The Hall–Kier alpha value is -2.14. The molecule has 1 atom stereocenters. The van der Waals surface area contributed by atoms with Crippen molar-refractivity contribution in [3.05, 3.63) is 36.0 Å². The highest BCUT2D eigenvalue weighted by Gasteiger charge is 2.47. The number of aromatic nitrogens is 1. The molecule has 5 nitrogen and oxygen atoms in total. The lowest BCUT2D eigenvalue weighted by molar-refractivity contribution is -0.141. The lowest BCUT2D eigenvalue weighted by atomic mass is 9.82. The number of hydrogen-bond acceptors (Lipinski definition) is 3. The van der Waals surface area contributed by atoms with Gasteiger partial charge in [0.05, 0.1) is 5.41 Å². The molecule has 2 heterocycles. The number of nitrogens with one attached hydrogen (secondary N) is 1. The summed E-state index contributed by atoms with van der Waals surface area (Å²) in [5.41, 5.74) is 1.33. The molecule has 1 aromatic heterocycles. The van der Waals surface area contributed by atoms with Gasteiger partial charge in [0, 0.05) is 23.5 Å². The molecule has 19 heavy (non-hydrogen) atoms. The number of amides is 2. The summed E-state index contributed by atoms with van der Waals surface area (Å²) in [6.07, 6.45) is 2.57. The normalized spacial score (nSPS) is 23.6. The zero-order valence-corrected chi connectivity index (χ0v) is 10.6. The molecule has 0 bridgehead atoms. The summed E-state index contributed by atoms with van der Waals surface area (Å²) in [6, 6.07) is 7.90. The van der Waals surface area contributed by atoms with Crippen LogP contribution in [0.25, 0.3) is 10.9 Å². The van der Waals surface area contributed by atoms with E-state index in [1.807, 2.05) is 30.5 Å². The Morgan fingerprint density at radius 3 is 2.79 bits per heavy atom. The second kappa shape index (κ2) is 3.93. The topological polar surface area (TPSA) is 79.2 Å². The molecule has 1 aliphatic heterocycles. The molecule has 0 aliphatic carbocycles. The maximum absolute atomic E-state index is 12.1. The number of imide groups is 1. The van der Waals surface area contributed by atoms with Crippen molar-refractivity contribution in [1.29, 1.82) is 0 Å². The fraction of sp³-hybridized carbons (Fsp3) is 0.286. The number of fused-ring (bicyclic) bond motifs is 1. The minimum atomic E-state index is -0.739. The van der Waals surface area contributed by atoms with Gasteiger partial charge < -0.3 is 4.98 Å². The minimum Gasteiger partial charge on any atom is -0.361 e. The maximum atomic E-state index is 12.1. The van der Waals surface area contributed by atoms with Crippen LogP contribution in [0.2, 0.25) is 0 Å². The van der Waals surface area contributed by atoms with Crippen LogP contribution in [0, 0.1) is 5.41 Å². The Balaban J connectivity index is 1.97. The Bertz CT molecular complexity index is 676. The van der Waals surface area contributed by atoms with E-state index >= 15 is 0 Å². The maximum Gasteiger partial charge on any atom is 0.250 e. The smallest absolute Gasteiger partial charge is 0.250 e. The fourth-order valence-corrected chi connectivity index (χ4v) is 2.73. The second-order valence-corrected chi connectivity index (χ2v) is 5.34. The predicted octanol–water partition coefficient (Wildman–Crippen LogP) is 1.35. The third kappa shape index (κ3) is 1.74. The van der Waals surface area contributed by atoms with Gasteiger partial charge >= 0.3 is 0 Å². The quantitative estimate of drug-likeness (QED) is 0.484. The molecule has 1 saturated heterocycles. The molecule has 1 aromatic carbocycles. The third-order valence-corrected chi connectivity index (χ3v) is 3.80. The molecular weight excluding hydrogens is 242 g/mol. The molecule has 1 aliphatic rings. The van der Waals surface area contributed by atoms with Crippen LogP contribution < -0.4 is 5.84 Å². The van der Waals surface area contributed by atoms with Crippen molar-refractivity contribution >= 4 is 22.7 Å². The molecule has 2 aromatic rings. The number of H-pyrrole nitrogens is 1. The van der Waals surface area contributed by atoms with E-state index < -0.39 is 5.41 Å². The largest absolute Gasteiger partial charge is 0.361 e. The van der Waals surface area contributed by atoms with Gasteiger partial charge in [0.2, 0.25) is 11.8 Å². The first-order valence-corrected chi connectivity index (χ1v) is 6.18. The summed E-state index contributed by atoms with van der Waals surface area (Å²) >= 11 is 0. The van der Waals surface area contributed by atoms with Gasteiger partial charge in [-0.05, 0) is 25.0 Å². The zero-order valence-electron chi connectivity index (χ0n) is 10.6. The Kier molecular flexibility index (Phi) is 2.46. The summed E-state index contributed by atoms with van der Waals surface area (Å²) in [6.45, 7) is 1.79. The van der Waals surface area contributed by atoms with Crippen LogP contribution >= 0.6 is 0 Å². The molecule has 0 spiro atoms. The number of hydrazine groups is 1. The van der Waals surface area contributed by atoms with Gasteiger partial charge in [-0.15, -0.1) is 0 Å². The van der Waals surface area contributed by atoms with Gasteiger partial charge in [-0.2, -0.15) is 0 Å². The molecule has 1 unspecified atom stereocenters. The van der Waals surface area contributed by atoms with Gasteiger partial charge in [0.25, 0.3) is 0 Å². The second-order valence-electron chi connectivity index (χ2n) is 5.34. The van der Waals surface area contributed by atoms with Crippen LogP contribution in [-0.2, 0) is 16.0 Å². The molecule has 0 radical (unpaired) electrons. The highest BCUT2D eigenvalue weighted by molar-refractivity contribution is 6.05. The van der Waals surface area contributed by atoms with Crippen molar-refractivity contribution in [3.8, 4) is 0 Å². The summed E-state index contributed by atoms with van der Waals surface area (Å²) in [5, 5.41) is 1.83. The van der Waals surface area contributed by atoms with Gasteiger partial charge in [-0.1, -0.05) is 18.2 Å². The van der Waals surface area contributed by atoms with Crippen molar-refractivity contribution in [3.63, 3.8) is 0 Å². The third-order valence-electron chi connectivity index (χ3n) is 3.80. The predicted molar refractivity (Wildman–Crippen MR) is 70.8 cm³/mol. The monoisotopic (exact) mass is 257 g/mol. The van der Waals surface area contributed by atoms with Gasteiger partial charge in [0.1, 0.15) is 0 Å². The molecule has 2 amide bonds. The van der Waals surface area contributed by atoms with Crippen molar-refractivity contribution in [2.24, 2.45) is 11.3 Å². The number of carbonyl (C=O) groups excluding carboxylic acids is 2. The first kappa shape index (κ1) is 11.9. The van der Waals surface area contributed by atoms with Crippen molar-refractivity contribution in [2.45, 2.75) is 19.8 Å². The lowest BCUT2D eigenvalue weighted by Crippen LogP contribution is -2.40. The summed E-state index contributed by atoms with van der Waals surface area (Å²) < 4.78 is 0. The van der Waals surface area contributed by atoms with E-state index in [9.17, 15) is 9.59 Å². The summed E-state index contributed by atoms with van der Waals surface area (Å²) in [4.78, 5) is 26.8. The minimum absolute atomic E-state index is 0.168. The average molecular weight is 257 g/mol. The fourth-order valence-electron chi connectivity index (χ4n) is 2.73. The molecular formula is C14H15N3O2. The molecule has 5 heteroatoms. The van der Waals surface area contributed by atoms with E-state index in [0.29, 0.717) is 6.42 Å². The first-order chi connectivity index (χ1) is 9.01. The van der Waals surface area contributed by atoms with Crippen LogP contribution in [0.5, 0.6) is 0 Å². The lowest BCUT2D eigenvalue weighted by Gasteiger charge is -2.19. The summed E-state index contributed by atoms with van der Waals surface area (Å²) in [5.74, 6) is 4.85. The molecule has 0 saturated carbocycles. The van der Waals surface area contributed by atoms with E-state index in [1.165, 1.54) is 0 Å². The number of para-hydroxylation sites is 1. The van der Waals surface area contributed by atoms with Crippen molar-refractivity contribution < 1.29 is 9.59 Å². The SMILES string of the molecule is CC1(Cc2c[nH]c3ccccc23)CC(=O)N(N)C1=O. The Labute approximate surface area is 110 Å². The van der Waals surface area contributed by atoms with Crippen molar-refractivity contribution in [2.75, 3.05) is 0 Å². The van der Waals surface area contributed by atoms with Gasteiger partial charge in [0.15, 0.2) is 0 Å². The van der Waals surface area contributed by atoms with Gasteiger partial charge in [-0.3, -0.25) is 9.59 Å². The van der Waals surface area contributed by atoms with Crippen LogP contribution in [-0.4, -0.2) is 21.8 Å². The van der Waals surface area contributed by atoms with E-state index in [1.54, 1.807) is 6.92 Å².